The standard InChI is InChI=1S/C15H19NO3/c1-19-14-4-2-3-11(9-14)10-15(18)16-12-5-7-13(17)8-6-12/h2-4,9,12H,5-8,10H2,1H3,(H,16,18). The van der Waals surface area contributed by atoms with E-state index < -0.39 is 0 Å². The quantitative estimate of drug-likeness (QED) is 0.900. The fraction of sp³-hybridized carbons (Fsp3) is 0.467. The molecule has 0 aliphatic heterocycles. The Bertz CT molecular complexity index is 460. The highest BCUT2D eigenvalue weighted by molar-refractivity contribution is 5.81. The van der Waals surface area contributed by atoms with Crippen LogP contribution >= 0.6 is 0 Å². The molecule has 0 spiro atoms. The fourth-order valence-electron chi connectivity index (χ4n) is 2.33. The summed E-state index contributed by atoms with van der Waals surface area (Å²) in [4.78, 5) is 23.1. The second kappa shape index (κ2) is 6.36. The highest BCUT2D eigenvalue weighted by Crippen LogP contribution is 2.16. The Balaban J connectivity index is 1.85. The van der Waals surface area contributed by atoms with Crippen molar-refractivity contribution in [1.82, 2.24) is 5.32 Å². The Morgan fingerprint density at radius 2 is 2.11 bits per heavy atom. The first-order valence-electron chi connectivity index (χ1n) is 6.61. The van der Waals surface area contributed by atoms with E-state index in [2.05, 4.69) is 5.32 Å². The summed E-state index contributed by atoms with van der Waals surface area (Å²) in [7, 11) is 1.61. The highest BCUT2D eigenvalue weighted by Gasteiger charge is 2.20. The van der Waals surface area contributed by atoms with E-state index >= 15 is 0 Å². The van der Waals surface area contributed by atoms with Gasteiger partial charge in [0.05, 0.1) is 13.5 Å². The van der Waals surface area contributed by atoms with Crippen molar-refractivity contribution in [3.05, 3.63) is 29.8 Å². The van der Waals surface area contributed by atoms with Crippen LogP contribution in [0.3, 0.4) is 0 Å². The zero-order valence-corrected chi connectivity index (χ0v) is 11.1. The SMILES string of the molecule is COc1cccc(CC(=O)NC2CCC(=O)CC2)c1. The van der Waals surface area contributed by atoms with Crippen molar-refractivity contribution in [2.24, 2.45) is 0 Å². The molecule has 4 nitrogen and oxygen atoms in total. The molecule has 0 heterocycles. The summed E-state index contributed by atoms with van der Waals surface area (Å²) < 4.78 is 5.13. The maximum absolute atomic E-state index is 11.9. The largest absolute Gasteiger partial charge is 0.497 e. The Kier molecular flexibility index (Phi) is 4.55. The number of nitrogens with one attached hydrogen (secondary N) is 1. The molecule has 0 aromatic heterocycles. The first kappa shape index (κ1) is 13.6. The van der Waals surface area contributed by atoms with Gasteiger partial charge in [-0.25, -0.2) is 0 Å². The average Bonchev–Trinajstić information content (AvgIpc) is 2.41. The smallest absolute Gasteiger partial charge is 0.224 e. The van der Waals surface area contributed by atoms with Gasteiger partial charge in [-0.05, 0) is 30.5 Å². The number of benzene rings is 1. The predicted molar refractivity (Wildman–Crippen MR) is 72.1 cm³/mol. The van der Waals surface area contributed by atoms with Crippen LogP contribution in [0.25, 0.3) is 0 Å². The van der Waals surface area contributed by atoms with E-state index in [1.807, 2.05) is 24.3 Å². The summed E-state index contributed by atoms with van der Waals surface area (Å²) in [5, 5.41) is 2.99. The first-order valence-corrected chi connectivity index (χ1v) is 6.61. The number of hydrogen-bond acceptors (Lipinski definition) is 3. The van der Waals surface area contributed by atoms with Crippen molar-refractivity contribution in [2.45, 2.75) is 38.1 Å². The zero-order valence-electron chi connectivity index (χ0n) is 11.1. The number of hydrogen-bond donors (Lipinski definition) is 1. The number of carbonyl (C=O) groups is 2. The maximum atomic E-state index is 11.9. The van der Waals surface area contributed by atoms with Crippen LogP contribution in [0.5, 0.6) is 5.75 Å². The lowest BCUT2D eigenvalue weighted by Gasteiger charge is -2.22. The molecule has 1 fully saturated rings. The minimum atomic E-state index is 0.00704. The van der Waals surface area contributed by atoms with Gasteiger partial charge >= 0.3 is 0 Å². The lowest BCUT2D eigenvalue weighted by atomic mass is 9.94. The predicted octanol–water partition coefficient (Wildman–Crippen LogP) is 1.87. The third-order valence-electron chi connectivity index (χ3n) is 3.41. The molecule has 1 amide bonds. The number of ether oxygens (including phenoxy) is 1. The average molecular weight is 261 g/mol. The number of ketones is 1. The Labute approximate surface area is 113 Å². The summed E-state index contributed by atoms with van der Waals surface area (Å²) in [6.07, 6.45) is 3.06. The second-order valence-corrected chi connectivity index (χ2v) is 4.91. The molecule has 4 heteroatoms. The van der Waals surface area contributed by atoms with Crippen LogP contribution in [0.2, 0.25) is 0 Å². The maximum Gasteiger partial charge on any atom is 0.224 e. The summed E-state index contributed by atoms with van der Waals surface area (Å²) in [5.41, 5.74) is 0.934. The molecule has 0 bridgehead atoms. The van der Waals surface area contributed by atoms with Gasteiger partial charge in [-0.2, -0.15) is 0 Å². The first-order chi connectivity index (χ1) is 9.17. The van der Waals surface area contributed by atoms with Crippen molar-refractivity contribution in [1.29, 1.82) is 0 Å². The van der Waals surface area contributed by atoms with Gasteiger partial charge in [0.2, 0.25) is 5.91 Å². The fourth-order valence-corrected chi connectivity index (χ4v) is 2.33. The molecule has 1 N–H and O–H groups in total. The van der Waals surface area contributed by atoms with E-state index in [0.29, 0.717) is 25.0 Å². The van der Waals surface area contributed by atoms with Crippen LogP contribution in [-0.2, 0) is 16.0 Å². The van der Waals surface area contributed by atoms with Gasteiger partial charge in [-0.3, -0.25) is 9.59 Å². The van der Waals surface area contributed by atoms with E-state index in [4.69, 9.17) is 4.74 Å². The topological polar surface area (TPSA) is 55.4 Å². The third kappa shape index (κ3) is 4.09. The van der Waals surface area contributed by atoms with Crippen LogP contribution in [-0.4, -0.2) is 24.8 Å². The van der Waals surface area contributed by atoms with Crippen LogP contribution in [0, 0.1) is 0 Å². The molecule has 0 unspecified atom stereocenters. The van der Waals surface area contributed by atoms with Crippen LogP contribution in [0.15, 0.2) is 24.3 Å². The summed E-state index contributed by atoms with van der Waals surface area (Å²) in [6, 6.07) is 7.65. The van der Waals surface area contributed by atoms with E-state index in [0.717, 1.165) is 24.2 Å². The van der Waals surface area contributed by atoms with Crippen LogP contribution < -0.4 is 10.1 Å². The second-order valence-electron chi connectivity index (χ2n) is 4.91. The van der Waals surface area contributed by atoms with E-state index in [9.17, 15) is 9.59 Å². The van der Waals surface area contributed by atoms with Crippen molar-refractivity contribution >= 4 is 11.7 Å². The molecule has 102 valence electrons. The summed E-state index contributed by atoms with van der Waals surface area (Å²) in [5.74, 6) is 1.07. The number of methoxy groups -OCH3 is 1. The summed E-state index contributed by atoms with van der Waals surface area (Å²) in [6.45, 7) is 0. The van der Waals surface area contributed by atoms with Crippen LogP contribution in [0.4, 0.5) is 0 Å². The Morgan fingerprint density at radius 3 is 2.79 bits per heavy atom. The lowest BCUT2D eigenvalue weighted by Crippen LogP contribution is -2.38. The molecule has 1 aliphatic rings. The molecule has 1 aromatic carbocycles. The zero-order chi connectivity index (χ0) is 13.7. The monoisotopic (exact) mass is 261 g/mol. The highest BCUT2D eigenvalue weighted by atomic mass is 16.5. The van der Waals surface area contributed by atoms with E-state index in [-0.39, 0.29) is 11.9 Å². The van der Waals surface area contributed by atoms with Crippen molar-refractivity contribution in [3.8, 4) is 5.75 Å². The molecule has 1 aliphatic carbocycles. The van der Waals surface area contributed by atoms with Crippen molar-refractivity contribution < 1.29 is 14.3 Å². The molecule has 19 heavy (non-hydrogen) atoms. The van der Waals surface area contributed by atoms with Crippen LogP contribution in [0.1, 0.15) is 31.2 Å². The molecular weight excluding hydrogens is 242 g/mol. The van der Waals surface area contributed by atoms with Gasteiger partial charge in [0.25, 0.3) is 0 Å². The lowest BCUT2D eigenvalue weighted by molar-refractivity contribution is -0.124. The summed E-state index contributed by atoms with van der Waals surface area (Å²) >= 11 is 0. The van der Waals surface area contributed by atoms with Gasteiger partial charge in [0.1, 0.15) is 11.5 Å². The molecule has 0 saturated heterocycles. The molecule has 2 rings (SSSR count). The molecule has 0 atom stereocenters. The molecular formula is C15H19NO3. The van der Waals surface area contributed by atoms with E-state index in [1.165, 1.54) is 0 Å². The molecule has 1 aromatic rings. The molecule has 0 radical (unpaired) electrons. The van der Waals surface area contributed by atoms with Gasteiger partial charge in [0, 0.05) is 18.9 Å². The third-order valence-corrected chi connectivity index (χ3v) is 3.41. The Morgan fingerprint density at radius 1 is 1.37 bits per heavy atom. The number of amides is 1. The number of Topliss-reactive ketones (excluding diaryl/α,β-unsaturated/α-hetero) is 1. The van der Waals surface area contributed by atoms with E-state index in [1.54, 1.807) is 7.11 Å². The van der Waals surface area contributed by atoms with Gasteiger partial charge in [-0.1, -0.05) is 12.1 Å². The van der Waals surface area contributed by atoms with Crippen molar-refractivity contribution in [3.63, 3.8) is 0 Å². The minimum Gasteiger partial charge on any atom is -0.497 e. The van der Waals surface area contributed by atoms with Crippen molar-refractivity contribution in [2.75, 3.05) is 7.11 Å². The van der Waals surface area contributed by atoms with Gasteiger partial charge in [0.15, 0.2) is 0 Å². The number of carbonyl (C=O) groups excluding carboxylic acids is 2. The normalized spacial score (nSPS) is 16.2. The number of rotatable bonds is 4. The molecule has 1 saturated carbocycles. The van der Waals surface area contributed by atoms with Gasteiger partial charge in [-0.15, -0.1) is 0 Å². The van der Waals surface area contributed by atoms with Gasteiger partial charge < -0.3 is 10.1 Å². The minimum absolute atomic E-state index is 0.00704. The Hall–Kier alpha value is -1.84.